The van der Waals surface area contributed by atoms with Crippen molar-refractivity contribution in [1.82, 2.24) is 5.32 Å². The molecule has 1 saturated heterocycles. The number of para-hydroxylation sites is 1. The Morgan fingerprint density at radius 2 is 2.00 bits per heavy atom. The van der Waals surface area contributed by atoms with Gasteiger partial charge in [-0.3, -0.25) is 0 Å². The first-order valence-corrected chi connectivity index (χ1v) is 5.44. The Hall–Kier alpha value is -0.440. The fourth-order valence-corrected chi connectivity index (χ4v) is 2.12. The maximum absolute atomic E-state index is 6.04. The number of hydrogen-bond donors (Lipinski definition) is 2. The second-order valence-electron chi connectivity index (χ2n) is 3.43. The molecule has 1 heterocycles. The van der Waals surface area contributed by atoms with Gasteiger partial charge in [0, 0.05) is 12.6 Å². The van der Waals surface area contributed by atoms with Gasteiger partial charge in [0.25, 0.3) is 0 Å². The quantitative estimate of drug-likeness (QED) is 0.817. The van der Waals surface area contributed by atoms with Crippen LogP contribution in [-0.2, 0) is 0 Å². The third-order valence-corrected chi connectivity index (χ3v) is 3.00. The fourth-order valence-electron chi connectivity index (χ4n) is 1.62. The van der Waals surface area contributed by atoms with E-state index in [0.29, 0.717) is 16.1 Å². The Bertz CT molecular complexity index is 302. The van der Waals surface area contributed by atoms with Crippen molar-refractivity contribution in [2.75, 3.05) is 18.4 Å². The van der Waals surface area contributed by atoms with E-state index in [-0.39, 0.29) is 0 Å². The molecule has 1 aromatic rings. The number of nitrogens with one attached hydrogen (secondary N) is 2. The SMILES string of the molecule is Clc1cccc(Cl)c1NC1CCNC1. The van der Waals surface area contributed by atoms with Crippen molar-refractivity contribution in [2.24, 2.45) is 0 Å². The van der Waals surface area contributed by atoms with Crippen LogP contribution in [0.15, 0.2) is 18.2 Å². The Balaban J connectivity index is 2.14. The highest BCUT2D eigenvalue weighted by molar-refractivity contribution is 6.39. The molecule has 1 aromatic carbocycles. The van der Waals surface area contributed by atoms with Gasteiger partial charge >= 0.3 is 0 Å². The zero-order valence-electron chi connectivity index (χ0n) is 7.69. The van der Waals surface area contributed by atoms with Crippen LogP contribution in [0.3, 0.4) is 0 Å². The molecular formula is C10H12Cl2N2. The van der Waals surface area contributed by atoms with Crippen molar-refractivity contribution in [3.05, 3.63) is 28.2 Å². The van der Waals surface area contributed by atoms with E-state index >= 15 is 0 Å². The van der Waals surface area contributed by atoms with Crippen LogP contribution in [-0.4, -0.2) is 19.1 Å². The van der Waals surface area contributed by atoms with Gasteiger partial charge in [0.15, 0.2) is 0 Å². The van der Waals surface area contributed by atoms with E-state index in [9.17, 15) is 0 Å². The van der Waals surface area contributed by atoms with Gasteiger partial charge in [-0.05, 0) is 25.1 Å². The number of hydrogen-bond acceptors (Lipinski definition) is 2. The zero-order valence-corrected chi connectivity index (χ0v) is 9.20. The summed E-state index contributed by atoms with van der Waals surface area (Å²) in [6.45, 7) is 2.03. The second-order valence-corrected chi connectivity index (χ2v) is 4.25. The fraction of sp³-hybridized carbons (Fsp3) is 0.400. The van der Waals surface area contributed by atoms with Crippen molar-refractivity contribution < 1.29 is 0 Å². The summed E-state index contributed by atoms with van der Waals surface area (Å²) >= 11 is 12.1. The molecule has 14 heavy (non-hydrogen) atoms. The van der Waals surface area contributed by atoms with Gasteiger partial charge in [0.05, 0.1) is 15.7 Å². The Kier molecular flexibility index (Phi) is 3.16. The molecule has 2 nitrogen and oxygen atoms in total. The lowest BCUT2D eigenvalue weighted by Crippen LogP contribution is -2.22. The molecule has 0 radical (unpaired) electrons. The van der Waals surface area contributed by atoms with Crippen LogP contribution in [0.2, 0.25) is 10.0 Å². The molecule has 0 aliphatic carbocycles. The lowest BCUT2D eigenvalue weighted by Gasteiger charge is -2.15. The summed E-state index contributed by atoms with van der Waals surface area (Å²) in [6, 6.07) is 5.98. The van der Waals surface area contributed by atoms with Gasteiger partial charge in [-0.2, -0.15) is 0 Å². The monoisotopic (exact) mass is 230 g/mol. The van der Waals surface area contributed by atoms with Crippen LogP contribution in [0.1, 0.15) is 6.42 Å². The number of benzene rings is 1. The van der Waals surface area contributed by atoms with Gasteiger partial charge in [0.1, 0.15) is 0 Å². The normalized spacial score (nSPS) is 21.1. The summed E-state index contributed by atoms with van der Waals surface area (Å²) in [6.07, 6.45) is 1.11. The number of anilines is 1. The van der Waals surface area contributed by atoms with Crippen LogP contribution in [0.5, 0.6) is 0 Å². The highest BCUT2D eigenvalue weighted by Gasteiger charge is 2.16. The first kappa shape index (κ1) is 10.1. The number of rotatable bonds is 2. The van der Waals surface area contributed by atoms with Crippen LogP contribution >= 0.6 is 23.2 Å². The van der Waals surface area contributed by atoms with E-state index in [1.807, 2.05) is 18.2 Å². The van der Waals surface area contributed by atoms with Crippen molar-refractivity contribution in [1.29, 1.82) is 0 Å². The van der Waals surface area contributed by atoms with Gasteiger partial charge in [0.2, 0.25) is 0 Å². The summed E-state index contributed by atoms with van der Waals surface area (Å²) in [4.78, 5) is 0. The summed E-state index contributed by atoms with van der Waals surface area (Å²) in [5.74, 6) is 0. The molecule has 1 aliphatic heterocycles. The molecule has 76 valence electrons. The van der Waals surface area contributed by atoms with Crippen molar-refractivity contribution in [2.45, 2.75) is 12.5 Å². The van der Waals surface area contributed by atoms with Crippen LogP contribution in [0.25, 0.3) is 0 Å². The van der Waals surface area contributed by atoms with E-state index in [1.165, 1.54) is 0 Å². The van der Waals surface area contributed by atoms with Crippen molar-refractivity contribution in [3.8, 4) is 0 Å². The highest BCUT2D eigenvalue weighted by atomic mass is 35.5. The van der Waals surface area contributed by atoms with E-state index in [2.05, 4.69) is 10.6 Å². The minimum Gasteiger partial charge on any atom is -0.379 e. The molecular weight excluding hydrogens is 219 g/mol. The molecule has 1 unspecified atom stereocenters. The molecule has 1 atom stereocenters. The molecule has 4 heteroatoms. The predicted molar refractivity (Wildman–Crippen MR) is 61.4 cm³/mol. The molecule has 0 aromatic heterocycles. The lowest BCUT2D eigenvalue weighted by atomic mass is 10.2. The first-order chi connectivity index (χ1) is 6.77. The number of halogens is 2. The third kappa shape index (κ3) is 2.14. The molecule has 2 rings (SSSR count). The second kappa shape index (κ2) is 4.39. The molecule has 0 bridgehead atoms. The lowest BCUT2D eigenvalue weighted by molar-refractivity contribution is 0.793. The van der Waals surface area contributed by atoms with Crippen LogP contribution in [0, 0.1) is 0 Å². The van der Waals surface area contributed by atoms with Crippen LogP contribution < -0.4 is 10.6 Å². The largest absolute Gasteiger partial charge is 0.379 e. The van der Waals surface area contributed by atoms with Gasteiger partial charge in [-0.1, -0.05) is 29.3 Å². The van der Waals surface area contributed by atoms with E-state index in [0.717, 1.165) is 25.2 Å². The topological polar surface area (TPSA) is 24.1 Å². The average Bonchev–Trinajstić information content (AvgIpc) is 2.64. The standard InChI is InChI=1S/C10H12Cl2N2/c11-8-2-1-3-9(12)10(8)14-7-4-5-13-6-7/h1-3,7,13-14H,4-6H2. The minimum absolute atomic E-state index is 0.437. The van der Waals surface area contributed by atoms with E-state index < -0.39 is 0 Å². The summed E-state index contributed by atoms with van der Waals surface area (Å²) in [5.41, 5.74) is 0.851. The highest BCUT2D eigenvalue weighted by Crippen LogP contribution is 2.30. The molecule has 0 spiro atoms. The summed E-state index contributed by atoms with van der Waals surface area (Å²) in [7, 11) is 0. The van der Waals surface area contributed by atoms with Gasteiger partial charge in [-0.15, -0.1) is 0 Å². The van der Waals surface area contributed by atoms with Crippen molar-refractivity contribution in [3.63, 3.8) is 0 Å². The van der Waals surface area contributed by atoms with Gasteiger partial charge in [-0.25, -0.2) is 0 Å². The maximum atomic E-state index is 6.04. The third-order valence-electron chi connectivity index (χ3n) is 2.37. The molecule has 1 aliphatic rings. The van der Waals surface area contributed by atoms with Gasteiger partial charge < -0.3 is 10.6 Å². The molecule has 1 fully saturated rings. The first-order valence-electron chi connectivity index (χ1n) is 4.68. The van der Waals surface area contributed by atoms with Crippen LogP contribution in [0.4, 0.5) is 5.69 Å². The maximum Gasteiger partial charge on any atom is 0.0721 e. The zero-order chi connectivity index (χ0) is 9.97. The Morgan fingerprint density at radius 1 is 1.29 bits per heavy atom. The molecule has 0 saturated carbocycles. The molecule has 2 N–H and O–H groups in total. The summed E-state index contributed by atoms with van der Waals surface area (Å²) < 4.78 is 0. The average molecular weight is 231 g/mol. The molecule has 0 amide bonds. The van der Waals surface area contributed by atoms with E-state index in [4.69, 9.17) is 23.2 Å². The summed E-state index contributed by atoms with van der Waals surface area (Å²) in [5, 5.41) is 8.00. The van der Waals surface area contributed by atoms with E-state index in [1.54, 1.807) is 0 Å². The Morgan fingerprint density at radius 3 is 2.57 bits per heavy atom. The van der Waals surface area contributed by atoms with Crippen molar-refractivity contribution >= 4 is 28.9 Å². The minimum atomic E-state index is 0.437. The smallest absolute Gasteiger partial charge is 0.0721 e. The Labute approximate surface area is 93.6 Å². The predicted octanol–water partition coefficient (Wildman–Crippen LogP) is 2.77.